The van der Waals surface area contributed by atoms with Gasteiger partial charge in [-0.2, -0.15) is 0 Å². The first-order valence-corrected chi connectivity index (χ1v) is 7.12. The minimum atomic E-state index is 0.305. The molecule has 1 aromatic carbocycles. The molecule has 0 radical (unpaired) electrons. The number of likely N-dealkylation sites (N-methyl/N-ethyl adjacent to an activating group) is 1. The molecule has 0 saturated heterocycles. The minimum Gasteiger partial charge on any atom is -0.488 e. The Morgan fingerprint density at radius 3 is 2.72 bits per heavy atom. The summed E-state index contributed by atoms with van der Waals surface area (Å²) >= 11 is 0. The molecule has 2 heteroatoms. The van der Waals surface area contributed by atoms with E-state index in [2.05, 4.69) is 37.4 Å². The average Bonchev–Trinajstić information content (AvgIpc) is 2.77. The van der Waals surface area contributed by atoms with E-state index in [1.807, 2.05) is 13.1 Å². The van der Waals surface area contributed by atoms with Crippen LogP contribution in [-0.2, 0) is 6.42 Å². The van der Waals surface area contributed by atoms with E-state index < -0.39 is 0 Å². The van der Waals surface area contributed by atoms with Crippen molar-refractivity contribution in [2.24, 2.45) is 5.92 Å². The molecule has 1 heterocycles. The second kappa shape index (κ2) is 6.24. The molecule has 1 aliphatic heterocycles. The van der Waals surface area contributed by atoms with E-state index >= 15 is 0 Å². The van der Waals surface area contributed by atoms with Crippen molar-refractivity contribution in [3.63, 3.8) is 0 Å². The minimum absolute atomic E-state index is 0.305. The molecular formula is C16H25NO. The van der Waals surface area contributed by atoms with Gasteiger partial charge in [-0.3, -0.25) is 0 Å². The van der Waals surface area contributed by atoms with E-state index in [1.54, 1.807) is 0 Å². The molecule has 2 rings (SSSR count). The quantitative estimate of drug-likeness (QED) is 0.832. The van der Waals surface area contributed by atoms with Crippen LogP contribution in [0.2, 0.25) is 0 Å². The molecule has 0 spiro atoms. The van der Waals surface area contributed by atoms with Crippen LogP contribution in [0.15, 0.2) is 24.3 Å². The van der Waals surface area contributed by atoms with Gasteiger partial charge in [0, 0.05) is 12.5 Å². The molecule has 1 N–H and O–H groups in total. The average molecular weight is 247 g/mol. The van der Waals surface area contributed by atoms with Crippen LogP contribution in [0, 0.1) is 5.92 Å². The van der Waals surface area contributed by atoms with Gasteiger partial charge in [0.2, 0.25) is 0 Å². The topological polar surface area (TPSA) is 21.3 Å². The van der Waals surface area contributed by atoms with Gasteiger partial charge in [0.1, 0.15) is 11.9 Å². The number of ether oxygens (including phenoxy) is 1. The second-order valence-corrected chi connectivity index (χ2v) is 5.69. The monoisotopic (exact) mass is 247 g/mol. The Morgan fingerprint density at radius 1 is 1.28 bits per heavy atom. The third kappa shape index (κ3) is 3.26. The molecule has 0 aliphatic carbocycles. The summed E-state index contributed by atoms with van der Waals surface area (Å²) in [6.45, 7) is 4.58. The summed E-state index contributed by atoms with van der Waals surface area (Å²) in [7, 11) is 2.05. The Labute approximate surface area is 111 Å². The molecule has 0 saturated carbocycles. The predicted octanol–water partition coefficient (Wildman–Crippen LogP) is 3.40. The maximum absolute atomic E-state index is 6.05. The Bertz CT molecular complexity index is 350. The van der Waals surface area contributed by atoms with Crippen LogP contribution in [-0.4, -0.2) is 19.2 Å². The van der Waals surface area contributed by atoms with Crippen molar-refractivity contribution in [2.45, 2.75) is 51.7 Å². The first-order valence-electron chi connectivity index (χ1n) is 7.12. The lowest BCUT2D eigenvalue weighted by Gasteiger charge is -2.23. The Kier molecular flexibility index (Phi) is 4.65. The number of fused-ring (bicyclic) bond motifs is 1. The van der Waals surface area contributed by atoms with Gasteiger partial charge in [0.25, 0.3) is 0 Å². The summed E-state index contributed by atoms with van der Waals surface area (Å²) in [6, 6.07) is 8.87. The summed E-state index contributed by atoms with van der Waals surface area (Å²) < 4.78 is 6.05. The molecule has 0 amide bonds. The highest BCUT2D eigenvalue weighted by atomic mass is 16.5. The fraction of sp³-hybridized carbons (Fsp3) is 0.625. The van der Waals surface area contributed by atoms with Crippen LogP contribution in [0.4, 0.5) is 0 Å². The third-order valence-corrected chi connectivity index (χ3v) is 3.79. The van der Waals surface area contributed by atoms with E-state index in [4.69, 9.17) is 4.74 Å². The molecule has 2 atom stereocenters. The number of benzene rings is 1. The van der Waals surface area contributed by atoms with E-state index in [0.29, 0.717) is 12.1 Å². The Morgan fingerprint density at radius 2 is 2.06 bits per heavy atom. The highest BCUT2D eigenvalue weighted by molar-refractivity contribution is 5.37. The van der Waals surface area contributed by atoms with Crippen molar-refractivity contribution in [1.82, 2.24) is 5.32 Å². The number of hydrogen-bond acceptors (Lipinski definition) is 2. The normalized spacial score (nSPS) is 19.7. The van der Waals surface area contributed by atoms with Crippen molar-refractivity contribution in [3.8, 4) is 5.75 Å². The van der Waals surface area contributed by atoms with Crippen molar-refractivity contribution >= 4 is 0 Å². The molecule has 0 fully saturated rings. The van der Waals surface area contributed by atoms with Gasteiger partial charge in [-0.15, -0.1) is 0 Å². The van der Waals surface area contributed by atoms with Gasteiger partial charge in [-0.25, -0.2) is 0 Å². The Hall–Kier alpha value is -1.02. The lowest BCUT2D eigenvalue weighted by Crippen LogP contribution is -2.40. The zero-order chi connectivity index (χ0) is 13.0. The molecule has 1 aliphatic rings. The number of nitrogens with one attached hydrogen (secondary N) is 1. The number of para-hydroxylation sites is 1. The lowest BCUT2D eigenvalue weighted by molar-refractivity contribution is 0.174. The van der Waals surface area contributed by atoms with E-state index in [-0.39, 0.29) is 0 Å². The zero-order valence-electron chi connectivity index (χ0n) is 11.8. The predicted molar refractivity (Wildman–Crippen MR) is 76.1 cm³/mol. The van der Waals surface area contributed by atoms with Crippen molar-refractivity contribution in [2.75, 3.05) is 7.05 Å². The summed E-state index contributed by atoms with van der Waals surface area (Å²) in [5, 5.41) is 3.43. The molecule has 100 valence electrons. The summed E-state index contributed by atoms with van der Waals surface area (Å²) in [5.41, 5.74) is 1.35. The fourth-order valence-electron chi connectivity index (χ4n) is 2.70. The Balaban J connectivity index is 1.87. The first kappa shape index (κ1) is 13.4. The smallest absolute Gasteiger partial charge is 0.123 e. The highest BCUT2D eigenvalue weighted by Crippen LogP contribution is 2.30. The number of hydrogen-bond donors (Lipinski definition) is 1. The van der Waals surface area contributed by atoms with E-state index in [9.17, 15) is 0 Å². The van der Waals surface area contributed by atoms with Crippen molar-refractivity contribution in [1.29, 1.82) is 0 Å². The zero-order valence-corrected chi connectivity index (χ0v) is 11.8. The van der Waals surface area contributed by atoms with Crippen LogP contribution in [0.25, 0.3) is 0 Å². The van der Waals surface area contributed by atoms with Crippen LogP contribution < -0.4 is 10.1 Å². The number of rotatable bonds is 6. The molecule has 0 bridgehead atoms. The molecule has 2 unspecified atom stereocenters. The molecular weight excluding hydrogens is 222 g/mol. The van der Waals surface area contributed by atoms with Gasteiger partial charge in [-0.05, 0) is 31.0 Å². The van der Waals surface area contributed by atoms with Gasteiger partial charge in [0.15, 0.2) is 0 Å². The van der Waals surface area contributed by atoms with Crippen molar-refractivity contribution < 1.29 is 4.74 Å². The molecule has 0 aromatic heterocycles. The maximum Gasteiger partial charge on any atom is 0.123 e. The van der Waals surface area contributed by atoms with Crippen molar-refractivity contribution in [3.05, 3.63) is 29.8 Å². The second-order valence-electron chi connectivity index (χ2n) is 5.69. The summed E-state index contributed by atoms with van der Waals surface area (Å²) in [4.78, 5) is 0. The van der Waals surface area contributed by atoms with E-state index in [0.717, 1.165) is 18.1 Å². The largest absolute Gasteiger partial charge is 0.488 e. The first-order chi connectivity index (χ1) is 8.70. The summed E-state index contributed by atoms with van der Waals surface area (Å²) in [6.07, 6.45) is 5.13. The fourth-order valence-corrected chi connectivity index (χ4v) is 2.70. The third-order valence-electron chi connectivity index (χ3n) is 3.79. The van der Waals surface area contributed by atoms with Crippen LogP contribution >= 0.6 is 0 Å². The molecule has 18 heavy (non-hydrogen) atoms. The molecule has 2 nitrogen and oxygen atoms in total. The van der Waals surface area contributed by atoms with Crippen LogP contribution in [0.1, 0.15) is 38.7 Å². The SMILES string of the molecule is CNC(CCCC(C)C)C1Cc2ccccc2O1. The van der Waals surface area contributed by atoms with Gasteiger partial charge < -0.3 is 10.1 Å². The van der Waals surface area contributed by atoms with E-state index in [1.165, 1.54) is 24.8 Å². The van der Waals surface area contributed by atoms with Gasteiger partial charge in [-0.1, -0.05) is 44.9 Å². The molecule has 1 aromatic rings. The van der Waals surface area contributed by atoms with Crippen LogP contribution in [0.5, 0.6) is 5.75 Å². The summed E-state index contributed by atoms with van der Waals surface area (Å²) in [5.74, 6) is 1.87. The lowest BCUT2D eigenvalue weighted by atomic mass is 9.97. The van der Waals surface area contributed by atoms with Gasteiger partial charge >= 0.3 is 0 Å². The highest BCUT2D eigenvalue weighted by Gasteiger charge is 2.28. The van der Waals surface area contributed by atoms with Gasteiger partial charge in [0.05, 0.1) is 0 Å². The maximum atomic E-state index is 6.05. The van der Waals surface area contributed by atoms with Crippen LogP contribution in [0.3, 0.4) is 0 Å². The standard InChI is InChI=1S/C16H25NO/c1-12(2)7-6-9-14(17-3)16-11-13-8-4-5-10-15(13)18-16/h4-5,8,10,12,14,16-17H,6-7,9,11H2,1-3H3.